The molecule has 4 aliphatic rings. The lowest BCUT2D eigenvalue weighted by Crippen LogP contribution is -2.58. The fourth-order valence-electron chi connectivity index (χ4n) is 6.47. The Morgan fingerprint density at radius 2 is 1.93 bits per heavy atom. The van der Waals surface area contributed by atoms with Crippen LogP contribution in [0.15, 0.2) is 28.7 Å². The molecule has 0 radical (unpaired) electrons. The van der Waals surface area contributed by atoms with Gasteiger partial charge in [-0.25, -0.2) is 8.78 Å². The first-order chi connectivity index (χ1) is 19.6. The molecule has 0 spiro atoms. The van der Waals surface area contributed by atoms with Gasteiger partial charge in [-0.2, -0.15) is 0 Å². The summed E-state index contributed by atoms with van der Waals surface area (Å²) in [6, 6.07) is -0.857. The molecular weight excluding hydrogens is 530 g/mol. The molecule has 41 heavy (non-hydrogen) atoms. The second kappa shape index (κ2) is 14.2. The van der Waals surface area contributed by atoms with Crippen LogP contribution in [0.1, 0.15) is 39.0 Å². The lowest BCUT2D eigenvalue weighted by atomic mass is 9.89. The average Bonchev–Trinajstić information content (AvgIpc) is 3.01. The number of alkyl halides is 2. The minimum Gasteiger partial charge on any atom is -0.386 e. The van der Waals surface area contributed by atoms with Crippen LogP contribution in [0.2, 0.25) is 0 Å². The van der Waals surface area contributed by atoms with Gasteiger partial charge in [-0.1, -0.05) is 19.4 Å². The van der Waals surface area contributed by atoms with Gasteiger partial charge in [0.1, 0.15) is 18.3 Å². The van der Waals surface area contributed by atoms with Crippen LogP contribution < -0.4 is 21.7 Å². The van der Waals surface area contributed by atoms with Crippen molar-refractivity contribution < 1.29 is 18.4 Å². The molecule has 10 nitrogen and oxygen atoms in total. The zero-order valence-electron chi connectivity index (χ0n) is 24.9. The average molecular weight is 579 g/mol. The highest BCUT2D eigenvalue weighted by atomic mass is 19.1. The van der Waals surface area contributed by atoms with E-state index in [-0.39, 0.29) is 36.8 Å². The summed E-state index contributed by atoms with van der Waals surface area (Å²) < 4.78 is 30.0. The van der Waals surface area contributed by atoms with E-state index in [1.807, 2.05) is 37.0 Å². The van der Waals surface area contributed by atoms with E-state index in [1.54, 1.807) is 11.1 Å². The molecule has 0 aliphatic carbocycles. The molecule has 2 amide bonds. The van der Waals surface area contributed by atoms with Crippen molar-refractivity contribution >= 4 is 18.0 Å². The lowest BCUT2D eigenvalue weighted by Gasteiger charge is -2.42. The Kier molecular flexibility index (Phi) is 10.9. The first-order valence-electron chi connectivity index (χ1n) is 15.0. The maximum absolute atomic E-state index is 15.4. The van der Waals surface area contributed by atoms with Crippen molar-refractivity contribution in [3.63, 3.8) is 0 Å². The van der Waals surface area contributed by atoms with Crippen molar-refractivity contribution in [1.29, 1.82) is 0 Å². The van der Waals surface area contributed by atoms with Gasteiger partial charge >= 0.3 is 0 Å². The summed E-state index contributed by atoms with van der Waals surface area (Å²) in [4.78, 5) is 36.9. The summed E-state index contributed by atoms with van der Waals surface area (Å²) >= 11 is 0. The van der Waals surface area contributed by atoms with E-state index in [9.17, 15) is 14.0 Å². The number of hydrogen-bond donors (Lipinski definition) is 4. The summed E-state index contributed by atoms with van der Waals surface area (Å²) in [5.74, 6) is -1.22. The van der Waals surface area contributed by atoms with Crippen molar-refractivity contribution in [3.8, 4) is 0 Å². The molecule has 12 heteroatoms. The molecule has 230 valence electrons. The summed E-state index contributed by atoms with van der Waals surface area (Å²) in [5.41, 5.74) is 7.37. The van der Waals surface area contributed by atoms with Gasteiger partial charge in [0.15, 0.2) is 0 Å². The number of likely N-dealkylation sites (N-methyl/N-ethyl adjacent to an activating group) is 2. The number of hydrogen-bond acceptors (Lipinski definition) is 8. The highest BCUT2D eigenvalue weighted by Crippen LogP contribution is 2.31. The third kappa shape index (κ3) is 7.71. The fourth-order valence-corrected chi connectivity index (χ4v) is 6.47. The van der Waals surface area contributed by atoms with Crippen LogP contribution >= 0.6 is 0 Å². The van der Waals surface area contributed by atoms with Gasteiger partial charge in [0.2, 0.25) is 11.8 Å². The molecule has 0 aromatic heterocycles. The van der Waals surface area contributed by atoms with Crippen LogP contribution in [-0.2, 0) is 9.59 Å². The second-order valence-electron chi connectivity index (χ2n) is 12.2. The first-order valence-corrected chi connectivity index (χ1v) is 15.0. The maximum atomic E-state index is 15.4. The molecule has 1 saturated heterocycles. The van der Waals surface area contributed by atoms with Gasteiger partial charge in [-0.15, -0.1) is 0 Å². The van der Waals surface area contributed by atoms with Crippen LogP contribution in [0.5, 0.6) is 0 Å². The van der Waals surface area contributed by atoms with Gasteiger partial charge in [0, 0.05) is 51.1 Å². The first kappa shape index (κ1) is 31.5. The monoisotopic (exact) mass is 578 g/mol. The SMILES string of the molecule is CCCC1C=C2N=CC(F)CC1NC(N)C2C(=O)NC1=CNCC(F)C1N1CCC(C(=O)N(C)CCN(C)C)CC1. The largest absolute Gasteiger partial charge is 0.386 e. The Morgan fingerprint density at radius 1 is 1.20 bits per heavy atom. The standard InChI is InChI=1S/C29H48F2N8O2/c1-5-6-19-13-23-25(27(32)35-22(19)14-20(30)15-34-23)28(40)36-24-17-33-16-21(31)26(24)39-9-7-18(8-10-39)29(41)38(4)12-11-37(2)3/h13,15,17-22,25-27,33,35H,5-12,14,16,32H2,1-4H3,(H,36,40). The number of nitrogens with two attached hydrogens (primary N) is 1. The molecule has 0 aromatic carbocycles. The number of nitrogens with one attached hydrogen (secondary N) is 3. The number of halogens is 2. The van der Waals surface area contributed by atoms with E-state index < -0.39 is 36.4 Å². The number of likely N-dealkylation sites (tertiary alicyclic amines) is 1. The molecule has 4 heterocycles. The predicted molar refractivity (Wildman–Crippen MR) is 156 cm³/mol. The summed E-state index contributed by atoms with van der Waals surface area (Å²) in [7, 11) is 5.79. The van der Waals surface area contributed by atoms with Crippen molar-refractivity contribution in [2.75, 3.05) is 53.9 Å². The Morgan fingerprint density at radius 3 is 2.61 bits per heavy atom. The fraction of sp³-hybridized carbons (Fsp3) is 0.759. The number of rotatable bonds is 9. The Bertz CT molecular complexity index is 1010. The summed E-state index contributed by atoms with van der Waals surface area (Å²) in [5, 5.41) is 9.20. The molecular formula is C29H48F2N8O2. The van der Waals surface area contributed by atoms with Crippen LogP contribution in [0.3, 0.4) is 0 Å². The zero-order valence-corrected chi connectivity index (χ0v) is 24.9. The van der Waals surface area contributed by atoms with Crippen LogP contribution in [0.4, 0.5) is 8.78 Å². The molecule has 0 aromatic rings. The van der Waals surface area contributed by atoms with Gasteiger partial charge in [-0.05, 0) is 58.8 Å². The second-order valence-corrected chi connectivity index (χ2v) is 12.2. The van der Waals surface area contributed by atoms with Crippen molar-refractivity contribution in [1.82, 2.24) is 30.7 Å². The summed E-state index contributed by atoms with van der Waals surface area (Å²) in [6.07, 6.45) is 4.88. The molecule has 4 rings (SSSR count). The zero-order chi connectivity index (χ0) is 29.7. The smallest absolute Gasteiger partial charge is 0.236 e. The minimum atomic E-state index is -1.24. The molecule has 7 atom stereocenters. The number of nitrogens with zero attached hydrogens (tertiary/aromatic N) is 4. The Hall–Kier alpha value is -2.41. The number of fused-ring (bicyclic) bond motifs is 2. The number of aliphatic imine (C=N–C) groups is 1. The number of carbonyl (C=O) groups excluding carboxylic acids is 2. The molecule has 7 unspecified atom stereocenters. The van der Waals surface area contributed by atoms with Gasteiger partial charge < -0.3 is 26.2 Å². The predicted octanol–water partition coefficient (Wildman–Crippen LogP) is 0.972. The minimum absolute atomic E-state index is 0.0130. The number of piperidine rings is 1. The van der Waals surface area contributed by atoms with Crippen molar-refractivity contribution in [2.45, 2.75) is 69.6 Å². The van der Waals surface area contributed by atoms with Crippen LogP contribution in [0, 0.1) is 17.8 Å². The van der Waals surface area contributed by atoms with E-state index in [2.05, 4.69) is 27.9 Å². The van der Waals surface area contributed by atoms with E-state index in [0.29, 0.717) is 43.9 Å². The van der Waals surface area contributed by atoms with Crippen LogP contribution in [-0.4, -0.2) is 117 Å². The quantitative estimate of drug-likeness (QED) is 0.322. The molecule has 4 aliphatic heterocycles. The van der Waals surface area contributed by atoms with Crippen molar-refractivity contribution in [3.05, 3.63) is 23.7 Å². The number of amides is 2. The molecule has 2 bridgehead atoms. The van der Waals surface area contributed by atoms with Gasteiger partial charge in [0.25, 0.3) is 0 Å². The molecule has 0 saturated carbocycles. The normalized spacial score (nSPS) is 32.8. The van der Waals surface area contributed by atoms with E-state index in [4.69, 9.17) is 5.73 Å². The molecule has 5 N–H and O–H groups in total. The third-order valence-electron chi connectivity index (χ3n) is 8.79. The van der Waals surface area contributed by atoms with Crippen LogP contribution in [0.25, 0.3) is 0 Å². The Labute approximate surface area is 242 Å². The molecule has 1 fully saturated rings. The van der Waals surface area contributed by atoms with Gasteiger partial charge in [-0.3, -0.25) is 24.8 Å². The highest BCUT2D eigenvalue weighted by molar-refractivity contribution is 5.85. The van der Waals surface area contributed by atoms with E-state index in [1.165, 1.54) is 6.21 Å². The topological polar surface area (TPSA) is 118 Å². The lowest BCUT2D eigenvalue weighted by molar-refractivity contribution is -0.136. The summed E-state index contributed by atoms with van der Waals surface area (Å²) in [6.45, 7) is 4.76. The van der Waals surface area contributed by atoms with Gasteiger partial charge in [0.05, 0.1) is 23.6 Å². The van der Waals surface area contributed by atoms with E-state index in [0.717, 1.165) is 19.4 Å². The number of carbonyl (C=O) groups is 2. The van der Waals surface area contributed by atoms with Crippen molar-refractivity contribution in [2.24, 2.45) is 28.5 Å². The maximum Gasteiger partial charge on any atom is 0.236 e. The Balaban J connectivity index is 1.45. The third-order valence-corrected chi connectivity index (χ3v) is 8.79. The van der Waals surface area contributed by atoms with E-state index >= 15 is 4.39 Å². The highest BCUT2D eigenvalue weighted by Gasteiger charge is 2.41.